The van der Waals surface area contributed by atoms with Crippen LogP contribution in [0.15, 0.2) is 23.1 Å². The number of aryl methyl sites for hydroxylation is 1. The molecule has 0 atom stereocenters. The third-order valence-corrected chi connectivity index (χ3v) is 6.75. The highest BCUT2D eigenvalue weighted by Crippen LogP contribution is 2.28. The summed E-state index contributed by atoms with van der Waals surface area (Å²) < 4.78 is 32.9. The summed E-state index contributed by atoms with van der Waals surface area (Å²) in [7, 11) is -3.52. The molecule has 0 radical (unpaired) electrons. The van der Waals surface area contributed by atoms with Crippen molar-refractivity contribution >= 4 is 15.9 Å². The number of carbonyl (C=O) groups is 1. The second-order valence-electron chi connectivity index (χ2n) is 6.61. The summed E-state index contributed by atoms with van der Waals surface area (Å²) in [4.78, 5) is 14.2. The Balaban J connectivity index is 1.67. The number of unbranched alkanes of at least 4 members (excludes halogenated alkanes) is 1. The summed E-state index contributed by atoms with van der Waals surface area (Å²) in [6.45, 7) is 4.39. The summed E-state index contributed by atoms with van der Waals surface area (Å²) >= 11 is 0. The number of benzene rings is 1. The lowest BCUT2D eigenvalue weighted by atomic mass is 10.1. The van der Waals surface area contributed by atoms with Crippen LogP contribution in [0.1, 0.15) is 38.2 Å². The van der Waals surface area contributed by atoms with Gasteiger partial charge in [0.2, 0.25) is 15.9 Å². The molecule has 1 aromatic carbocycles. The molecule has 0 aliphatic carbocycles. The Morgan fingerprint density at radius 2 is 1.96 bits per heavy atom. The molecular formula is C18H26N2O4S. The van der Waals surface area contributed by atoms with Crippen LogP contribution in [-0.2, 0) is 21.2 Å². The van der Waals surface area contributed by atoms with Gasteiger partial charge in [0, 0.05) is 32.6 Å². The topological polar surface area (TPSA) is 66.9 Å². The molecule has 25 heavy (non-hydrogen) atoms. The van der Waals surface area contributed by atoms with E-state index in [1.807, 2.05) is 0 Å². The van der Waals surface area contributed by atoms with E-state index in [-0.39, 0.29) is 5.91 Å². The zero-order valence-electron chi connectivity index (χ0n) is 14.7. The second kappa shape index (κ2) is 7.74. The summed E-state index contributed by atoms with van der Waals surface area (Å²) in [6.07, 6.45) is 4.18. The maximum atomic E-state index is 12.9. The van der Waals surface area contributed by atoms with Crippen LogP contribution >= 0.6 is 0 Å². The van der Waals surface area contributed by atoms with Crippen molar-refractivity contribution in [2.75, 3.05) is 32.8 Å². The van der Waals surface area contributed by atoms with Crippen LogP contribution in [0.5, 0.6) is 5.75 Å². The molecule has 2 heterocycles. The Bertz CT molecular complexity index is 725. The number of ether oxygens (including phenoxy) is 1. The van der Waals surface area contributed by atoms with Crippen LogP contribution < -0.4 is 4.74 Å². The van der Waals surface area contributed by atoms with Crippen molar-refractivity contribution in [2.45, 2.75) is 43.9 Å². The standard InChI is InChI=1S/C18H26N2O4S/c1-2-3-6-18(21)19-9-11-20(12-10-19)25(22,23)16-7-8-17-15(14-16)5-4-13-24-17/h7-8,14H,2-6,9-13H2,1H3. The number of hydrogen-bond donors (Lipinski definition) is 0. The minimum atomic E-state index is -3.52. The van der Waals surface area contributed by atoms with Crippen molar-refractivity contribution in [3.05, 3.63) is 23.8 Å². The molecule has 3 rings (SSSR count). The van der Waals surface area contributed by atoms with Gasteiger partial charge >= 0.3 is 0 Å². The lowest BCUT2D eigenvalue weighted by Crippen LogP contribution is -2.50. The summed E-state index contributed by atoms with van der Waals surface area (Å²) in [5, 5.41) is 0. The Morgan fingerprint density at radius 3 is 2.68 bits per heavy atom. The number of amides is 1. The Morgan fingerprint density at radius 1 is 1.20 bits per heavy atom. The van der Waals surface area contributed by atoms with Crippen LogP contribution in [-0.4, -0.2) is 56.3 Å². The first-order valence-electron chi connectivity index (χ1n) is 9.06. The molecule has 7 heteroatoms. The predicted molar refractivity (Wildman–Crippen MR) is 95.1 cm³/mol. The summed E-state index contributed by atoms with van der Waals surface area (Å²) in [5.74, 6) is 0.918. The predicted octanol–water partition coefficient (Wildman–Crippen LogP) is 2.03. The fourth-order valence-electron chi connectivity index (χ4n) is 3.31. The quantitative estimate of drug-likeness (QED) is 0.800. The van der Waals surface area contributed by atoms with Crippen molar-refractivity contribution in [3.63, 3.8) is 0 Å². The van der Waals surface area contributed by atoms with Gasteiger partial charge in [0.05, 0.1) is 11.5 Å². The van der Waals surface area contributed by atoms with Crippen molar-refractivity contribution in [2.24, 2.45) is 0 Å². The molecule has 2 aliphatic rings. The van der Waals surface area contributed by atoms with Crippen LogP contribution in [0.25, 0.3) is 0 Å². The van der Waals surface area contributed by atoms with Gasteiger partial charge in [-0.3, -0.25) is 4.79 Å². The molecule has 6 nitrogen and oxygen atoms in total. The fourth-order valence-corrected chi connectivity index (χ4v) is 4.78. The molecule has 1 saturated heterocycles. The molecular weight excluding hydrogens is 340 g/mol. The van der Waals surface area contributed by atoms with E-state index in [4.69, 9.17) is 4.74 Å². The minimum Gasteiger partial charge on any atom is -0.493 e. The minimum absolute atomic E-state index is 0.129. The van der Waals surface area contributed by atoms with E-state index < -0.39 is 10.0 Å². The van der Waals surface area contributed by atoms with Crippen molar-refractivity contribution in [1.29, 1.82) is 0 Å². The lowest BCUT2D eigenvalue weighted by molar-refractivity contribution is -0.132. The van der Waals surface area contributed by atoms with Gasteiger partial charge in [0.15, 0.2) is 0 Å². The van der Waals surface area contributed by atoms with E-state index in [0.717, 1.165) is 37.0 Å². The molecule has 1 fully saturated rings. The number of piperazine rings is 1. The van der Waals surface area contributed by atoms with Crippen molar-refractivity contribution < 1.29 is 17.9 Å². The lowest BCUT2D eigenvalue weighted by Gasteiger charge is -2.34. The van der Waals surface area contributed by atoms with E-state index in [9.17, 15) is 13.2 Å². The maximum Gasteiger partial charge on any atom is 0.243 e. The van der Waals surface area contributed by atoms with E-state index >= 15 is 0 Å². The molecule has 0 unspecified atom stereocenters. The normalized spacial score (nSPS) is 18.5. The van der Waals surface area contributed by atoms with Crippen LogP contribution in [0.3, 0.4) is 0 Å². The van der Waals surface area contributed by atoms with Gasteiger partial charge in [-0.05, 0) is 43.0 Å². The van der Waals surface area contributed by atoms with E-state index in [1.54, 1.807) is 23.1 Å². The molecule has 0 spiro atoms. The largest absolute Gasteiger partial charge is 0.493 e. The number of rotatable bonds is 5. The van der Waals surface area contributed by atoms with E-state index in [0.29, 0.717) is 44.1 Å². The van der Waals surface area contributed by atoms with Gasteiger partial charge in [-0.2, -0.15) is 4.31 Å². The van der Waals surface area contributed by atoms with E-state index in [1.165, 1.54) is 4.31 Å². The first-order chi connectivity index (χ1) is 12.0. The Hall–Kier alpha value is -1.60. The number of sulfonamides is 1. The van der Waals surface area contributed by atoms with Gasteiger partial charge in [-0.15, -0.1) is 0 Å². The SMILES string of the molecule is CCCCC(=O)N1CCN(S(=O)(=O)c2ccc3c(c2)CCCO3)CC1. The highest BCUT2D eigenvalue weighted by atomic mass is 32.2. The smallest absolute Gasteiger partial charge is 0.243 e. The van der Waals surface area contributed by atoms with Gasteiger partial charge in [0.1, 0.15) is 5.75 Å². The monoisotopic (exact) mass is 366 g/mol. The third kappa shape index (κ3) is 3.98. The van der Waals surface area contributed by atoms with Gasteiger partial charge in [-0.1, -0.05) is 13.3 Å². The van der Waals surface area contributed by atoms with Crippen LogP contribution in [0.2, 0.25) is 0 Å². The average molecular weight is 366 g/mol. The second-order valence-corrected chi connectivity index (χ2v) is 8.55. The zero-order valence-corrected chi connectivity index (χ0v) is 15.6. The van der Waals surface area contributed by atoms with E-state index in [2.05, 4.69) is 6.92 Å². The Kier molecular flexibility index (Phi) is 5.64. The average Bonchev–Trinajstić information content (AvgIpc) is 2.65. The zero-order chi connectivity index (χ0) is 17.9. The molecule has 1 aromatic rings. The molecule has 2 aliphatic heterocycles. The van der Waals surface area contributed by atoms with Gasteiger partial charge in [-0.25, -0.2) is 8.42 Å². The summed E-state index contributed by atoms with van der Waals surface area (Å²) in [5.41, 5.74) is 0.959. The molecule has 0 aromatic heterocycles. The van der Waals surface area contributed by atoms with Crippen LogP contribution in [0.4, 0.5) is 0 Å². The van der Waals surface area contributed by atoms with Crippen molar-refractivity contribution in [1.82, 2.24) is 9.21 Å². The molecule has 138 valence electrons. The van der Waals surface area contributed by atoms with Crippen molar-refractivity contribution in [3.8, 4) is 5.75 Å². The first-order valence-corrected chi connectivity index (χ1v) is 10.5. The first kappa shape index (κ1) is 18.2. The number of hydrogen-bond acceptors (Lipinski definition) is 4. The van der Waals surface area contributed by atoms with Gasteiger partial charge in [0.25, 0.3) is 0 Å². The number of fused-ring (bicyclic) bond motifs is 1. The molecule has 0 bridgehead atoms. The van der Waals surface area contributed by atoms with Gasteiger partial charge < -0.3 is 9.64 Å². The fraction of sp³-hybridized carbons (Fsp3) is 0.611. The third-order valence-electron chi connectivity index (χ3n) is 4.85. The van der Waals surface area contributed by atoms with Crippen LogP contribution in [0, 0.1) is 0 Å². The highest BCUT2D eigenvalue weighted by Gasteiger charge is 2.30. The Labute approximate surface area is 149 Å². The molecule has 1 amide bonds. The highest BCUT2D eigenvalue weighted by molar-refractivity contribution is 7.89. The molecule has 0 N–H and O–H groups in total. The molecule has 0 saturated carbocycles. The summed E-state index contributed by atoms with van der Waals surface area (Å²) in [6, 6.07) is 5.12. The maximum absolute atomic E-state index is 12.9. The number of carbonyl (C=O) groups excluding carboxylic acids is 1. The number of nitrogens with zero attached hydrogens (tertiary/aromatic N) is 2.